The van der Waals surface area contributed by atoms with E-state index in [0.717, 1.165) is 22.4 Å². The van der Waals surface area contributed by atoms with Crippen molar-refractivity contribution in [2.24, 2.45) is 7.05 Å². The van der Waals surface area contributed by atoms with Crippen molar-refractivity contribution in [3.8, 4) is 5.75 Å². The predicted molar refractivity (Wildman–Crippen MR) is 115 cm³/mol. The van der Waals surface area contributed by atoms with Crippen molar-refractivity contribution in [2.75, 3.05) is 7.11 Å². The summed E-state index contributed by atoms with van der Waals surface area (Å²) in [6.07, 6.45) is 8.29. The van der Waals surface area contributed by atoms with Gasteiger partial charge >= 0.3 is 0 Å². The standard InChI is InChI=1S/C23H21N5O2/c1-28-13-12-24-23(28)22(16-6-5-7-18(14-16)30-2)27-21(29)11-10-17-15-25-19-8-3-4-9-20(19)26-17/h3-15,22H,1-2H3,(H,27,29)/b11-10+. The third-order valence-corrected chi connectivity index (χ3v) is 4.70. The summed E-state index contributed by atoms with van der Waals surface area (Å²) in [5, 5.41) is 3.02. The number of ether oxygens (including phenoxy) is 1. The smallest absolute Gasteiger partial charge is 0.244 e. The minimum atomic E-state index is -0.431. The van der Waals surface area contributed by atoms with E-state index in [1.807, 2.05) is 66.3 Å². The molecule has 4 aromatic rings. The van der Waals surface area contributed by atoms with E-state index in [1.54, 1.807) is 25.6 Å². The number of carbonyl (C=O) groups is 1. The van der Waals surface area contributed by atoms with Gasteiger partial charge in [-0.2, -0.15) is 0 Å². The van der Waals surface area contributed by atoms with Gasteiger partial charge in [-0.15, -0.1) is 0 Å². The minimum absolute atomic E-state index is 0.263. The Hall–Kier alpha value is -4.00. The molecule has 30 heavy (non-hydrogen) atoms. The number of para-hydroxylation sites is 2. The molecule has 0 aliphatic rings. The average molecular weight is 399 g/mol. The molecule has 1 atom stereocenters. The molecule has 0 aliphatic carbocycles. The van der Waals surface area contributed by atoms with Crippen LogP contribution < -0.4 is 10.1 Å². The highest BCUT2D eigenvalue weighted by Crippen LogP contribution is 2.24. The zero-order chi connectivity index (χ0) is 20.9. The predicted octanol–water partition coefficient (Wildman–Crippen LogP) is 3.29. The maximum absolute atomic E-state index is 12.7. The molecule has 2 aromatic heterocycles. The van der Waals surface area contributed by atoms with Crippen LogP contribution in [0.4, 0.5) is 0 Å². The molecule has 7 heteroatoms. The lowest BCUT2D eigenvalue weighted by Crippen LogP contribution is -2.29. The second-order valence-electron chi connectivity index (χ2n) is 6.73. The highest BCUT2D eigenvalue weighted by molar-refractivity contribution is 5.92. The summed E-state index contributed by atoms with van der Waals surface area (Å²) in [4.78, 5) is 26.0. The van der Waals surface area contributed by atoms with Gasteiger partial charge in [-0.1, -0.05) is 24.3 Å². The fourth-order valence-electron chi connectivity index (χ4n) is 3.18. The maximum Gasteiger partial charge on any atom is 0.244 e. The summed E-state index contributed by atoms with van der Waals surface area (Å²) in [7, 11) is 3.50. The molecule has 1 N–H and O–H groups in total. The zero-order valence-corrected chi connectivity index (χ0v) is 16.7. The SMILES string of the molecule is COc1cccc(C(NC(=O)/C=C/c2cnc3ccccc3n2)c2nccn2C)c1. The van der Waals surface area contributed by atoms with Gasteiger partial charge in [0.05, 0.1) is 30.0 Å². The maximum atomic E-state index is 12.7. The van der Waals surface area contributed by atoms with Gasteiger partial charge in [0.2, 0.25) is 5.91 Å². The molecular weight excluding hydrogens is 378 g/mol. The number of fused-ring (bicyclic) bond motifs is 1. The molecular formula is C23H21N5O2. The van der Waals surface area contributed by atoms with Crippen LogP contribution >= 0.6 is 0 Å². The number of benzene rings is 2. The molecule has 7 nitrogen and oxygen atoms in total. The monoisotopic (exact) mass is 399 g/mol. The van der Waals surface area contributed by atoms with Crippen LogP contribution in [-0.2, 0) is 11.8 Å². The first-order valence-corrected chi connectivity index (χ1v) is 9.45. The van der Waals surface area contributed by atoms with Crippen molar-refractivity contribution in [2.45, 2.75) is 6.04 Å². The van der Waals surface area contributed by atoms with Crippen LogP contribution in [0.15, 0.2) is 73.2 Å². The molecule has 1 amide bonds. The molecule has 1 unspecified atom stereocenters. The Morgan fingerprint density at radius 1 is 1.13 bits per heavy atom. The molecule has 0 radical (unpaired) electrons. The van der Waals surface area contributed by atoms with Crippen molar-refractivity contribution in [1.82, 2.24) is 24.8 Å². The Kier molecular flexibility index (Phi) is 5.52. The molecule has 0 aliphatic heterocycles. The van der Waals surface area contributed by atoms with Crippen molar-refractivity contribution >= 4 is 23.0 Å². The number of nitrogens with one attached hydrogen (secondary N) is 1. The second-order valence-corrected chi connectivity index (χ2v) is 6.73. The van der Waals surface area contributed by atoms with Crippen LogP contribution in [0, 0.1) is 0 Å². The normalized spacial score (nSPS) is 12.2. The van der Waals surface area contributed by atoms with Crippen LogP contribution in [-0.4, -0.2) is 32.5 Å². The Balaban J connectivity index is 1.58. The van der Waals surface area contributed by atoms with Gasteiger partial charge in [0.25, 0.3) is 0 Å². The van der Waals surface area contributed by atoms with E-state index in [1.165, 1.54) is 6.08 Å². The summed E-state index contributed by atoms with van der Waals surface area (Å²) >= 11 is 0. The van der Waals surface area contributed by atoms with Crippen molar-refractivity contribution in [3.05, 3.63) is 90.3 Å². The van der Waals surface area contributed by atoms with Crippen LogP contribution in [0.1, 0.15) is 23.1 Å². The van der Waals surface area contributed by atoms with Gasteiger partial charge in [0.1, 0.15) is 17.6 Å². The number of aryl methyl sites for hydroxylation is 1. The van der Waals surface area contributed by atoms with E-state index in [9.17, 15) is 4.79 Å². The largest absolute Gasteiger partial charge is 0.497 e. The third-order valence-electron chi connectivity index (χ3n) is 4.70. The Labute approximate surface area is 174 Å². The summed E-state index contributed by atoms with van der Waals surface area (Å²) in [5.74, 6) is 1.17. The van der Waals surface area contributed by atoms with Gasteiger partial charge < -0.3 is 14.6 Å². The van der Waals surface area contributed by atoms with E-state index in [2.05, 4.69) is 20.3 Å². The van der Waals surface area contributed by atoms with Gasteiger partial charge in [-0.25, -0.2) is 9.97 Å². The number of aromatic nitrogens is 4. The lowest BCUT2D eigenvalue weighted by molar-refractivity contribution is -0.117. The first kappa shape index (κ1) is 19.3. The van der Waals surface area contributed by atoms with Gasteiger partial charge in [-0.3, -0.25) is 9.78 Å². The van der Waals surface area contributed by atoms with Crippen molar-refractivity contribution in [3.63, 3.8) is 0 Å². The van der Waals surface area contributed by atoms with Gasteiger partial charge in [0, 0.05) is 25.5 Å². The average Bonchev–Trinajstić information content (AvgIpc) is 3.21. The third kappa shape index (κ3) is 4.20. The topological polar surface area (TPSA) is 81.9 Å². The fourth-order valence-corrected chi connectivity index (χ4v) is 3.18. The molecule has 0 saturated carbocycles. The minimum Gasteiger partial charge on any atom is -0.497 e. The fraction of sp³-hybridized carbons (Fsp3) is 0.130. The van der Waals surface area contributed by atoms with E-state index in [-0.39, 0.29) is 5.91 Å². The van der Waals surface area contributed by atoms with E-state index < -0.39 is 6.04 Å². The van der Waals surface area contributed by atoms with Crippen LogP contribution in [0.2, 0.25) is 0 Å². The van der Waals surface area contributed by atoms with Gasteiger partial charge in [0.15, 0.2) is 0 Å². The number of imidazole rings is 1. The Morgan fingerprint density at radius 3 is 2.73 bits per heavy atom. The quantitative estimate of drug-likeness (QED) is 0.503. The Bertz CT molecular complexity index is 1210. The van der Waals surface area contributed by atoms with E-state index >= 15 is 0 Å². The molecule has 0 fully saturated rings. The molecule has 2 aromatic carbocycles. The van der Waals surface area contributed by atoms with Crippen molar-refractivity contribution in [1.29, 1.82) is 0 Å². The number of nitrogens with zero attached hydrogens (tertiary/aromatic N) is 4. The number of hydrogen-bond donors (Lipinski definition) is 1. The van der Waals surface area contributed by atoms with E-state index in [0.29, 0.717) is 11.4 Å². The summed E-state index contributed by atoms with van der Waals surface area (Å²) in [6.45, 7) is 0. The molecule has 4 rings (SSSR count). The number of hydrogen-bond acceptors (Lipinski definition) is 5. The van der Waals surface area contributed by atoms with E-state index in [4.69, 9.17) is 4.74 Å². The summed E-state index contributed by atoms with van der Waals surface area (Å²) in [6, 6.07) is 14.7. The first-order valence-electron chi connectivity index (χ1n) is 9.45. The molecule has 0 bridgehead atoms. The summed E-state index contributed by atoms with van der Waals surface area (Å²) in [5.41, 5.74) is 3.07. The zero-order valence-electron chi connectivity index (χ0n) is 16.7. The van der Waals surface area contributed by atoms with Crippen LogP contribution in [0.3, 0.4) is 0 Å². The highest BCUT2D eigenvalue weighted by atomic mass is 16.5. The highest BCUT2D eigenvalue weighted by Gasteiger charge is 2.20. The number of rotatable bonds is 6. The van der Waals surface area contributed by atoms with Gasteiger partial charge in [-0.05, 0) is 35.9 Å². The second kappa shape index (κ2) is 8.57. The lowest BCUT2D eigenvalue weighted by Gasteiger charge is -2.19. The van der Waals surface area contributed by atoms with Crippen molar-refractivity contribution < 1.29 is 9.53 Å². The first-order chi connectivity index (χ1) is 14.6. The molecule has 0 spiro atoms. The molecule has 150 valence electrons. The number of carbonyl (C=O) groups excluding carboxylic acids is 1. The van der Waals surface area contributed by atoms with Crippen LogP contribution in [0.25, 0.3) is 17.1 Å². The summed E-state index contributed by atoms with van der Waals surface area (Å²) < 4.78 is 7.21. The lowest BCUT2D eigenvalue weighted by atomic mass is 10.1. The molecule has 0 saturated heterocycles. The Morgan fingerprint density at radius 2 is 1.97 bits per heavy atom. The molecule has 2 heterocycles. The number of methoxy groups -OCH3 is 1. The number of amides is 1. The van der Waals surface area contributed by atoms with Crippen LogP contribution in [0.5, 0.6) is 5.75 Å².